The van der Waals surface area contributed by atoms with Gasteiger partial charge in [-0.05, 0) is 31.9 Å². The van der Waals surface area contributed by atoms with Crippen LogP contribution in [0.2, 0.25) is 0 Å². The van der Waals surface area contributed by atoms with E-state index in [1.54, 1.807) is 19.5 Å². The first kappa shape index (κ1) is 12.8. The number of methoxy groups -OCH3 is 1. The molecule has 16 heavy (non-hydrogen) atoms. The van der Waals surface area contributed by atoms with Crippen molar-refractivity contribution in [1.82, 2.24) is 4.98 Å². The quantitative estimate of drug-likeness (QED) is 0.740. The summed E-state index contributed by atoms with van der Waals surface area (Å²) >= 11 is 0. The Kier molecular flexibility index (Phi) is 4.62. The first-order valence-corrected chi connectivity index (χ1v) is 5.49. The first-order chi connectivity index (χ1) is 7.53. The molecule has 0 atom stereocenters. The third-order valence-electron chi connectivity index (χ3n) is 2.68. The van der Waals surface area contributed by atoms with Crippen LogP contribution in [-0.4, -0.2) is 23.5 Å². The average Bonchev–Trinajstić information content (AvgIpc) is 2.28. The van der Waals surface area contributed by atoms with E-state index in [4.69, 9.17) is 4.74 Å². The number of aromatic nitrogens is 1. The molecule has 0 saturated heterocycles. The monoisotopic (exact) mass is 221 g/mol. The van der Waals surface area contributed by atoms with Crippen molar-refractivity contribution in [2.45, 2.75) is 38.7 Å². The number of rotatable bonds is 6. The van der Waals surface area contributed by atoms with Crippen molar-refractivity contribution in [3.05, 3.63) is 30.1 Å². The predicted octanol–water partition coefficient (Wildman–Crippen LogP) is 2.40. The smallest absolute Gasteiger partial charge is 0.137 e. The maximum Gasteiger partial charge on any atom is 0.137 e. The lowest BCUT2D eigenvalue weighted by Crippen LogP contribution is -2.23. The van der Waals surface area contributed by atoms with E-state index in [1.165, 1.54) is 0 Å². The number of hydrogen-bond donors (Lipinski definition) is 0. The number of pyridine rings is 1. The molecule has 0 aliphatic rings. The van der Waals surface area contributed by atoms with Crippen LogP contribution < -0.4 is 0 Å². The van der Waals surface area contributed by atoms with Crippen LogP contribution in [0, 0.1) is 0 Å². The van der Waals surface area contributed by atoms with E-state index in [9.17, 15) is 4.79 Å². The SMILES string of the molecule is COC(C)(C)CCC(=O)Cc1cccnc1. The zero-order valence-corrected chi connectivity index (χ0v) is 10.2. The predicted molar refractivity (Wildman–Crippen MR) is 63.3 cm³/mol. The minimum Gasteiger partial charge on any atom is -0.379 e. The molecule has 3 heteroatoms. The minimum atomic E-state index is -0.218. The molecule has 0 amide bonds. The molecule has 1 rings (SSSR count). The lowest BCUT2D eigenvalue weighted by molar-refractivity contribution is -0.119. The van der Waals surface area contributed by atoms with Gasteiger partial charge < -0.3 is 4.74 Å². The van der Waals surface area contributed by atoms with Crippen LogP contribution in [-0.2, 0) is 16.0 Å². The highest BCUT2D eigenvalue weighted by atomic mass is 16.5. The molecular weight excluding hydrogens is 202 g/mol. The zero-order valence-electron chi connectivity index (χ0n) is 10.2. The van der Waals surface area contributed by atoms with Crippen molar-refractivity contribution in [3.63, 3.8) is 0 Å². The Labute approximate surface area is 96.8 Å². The summed E-state index contributed by atoms with van der Waals surface area (Å²) in [6.45, 7) is 3.98. The molecule has 0 saturated carbocycles. The zero-order chi connectivity index (χ0) is 12.0. The number of Topliss-reactive ketones (excluding diaryl/α,β-unsaturated/α-hetero) is 1. The molecule has 88 valence electrons. The van der Waals surface area contributed by atoms with E-state index < -0.39 is 0 Å². The lowest BCUT2D eigenvalue weighted by atomic mass is 9.98. The molecule has 0 unspecified atom stereocenters. The molecule has 3 nitrogen and oxygen atoms in total. The summed E-state index contributed by atoms with van der Waals surface area (Å²) in [7, 11) is 1.67. The summed E-state index contributed by atoms with van der Waals surface area (Å²) < 4.78 is 5.27. The van der Waals surface area contributed by atoms with Crippen LogP contribution in [0.5, 0.6) is 0 Å². The average molecular weight is 221 g/mol. The molecule has 0 aromatic carbocycles. The molecule has 0 radical (unpaired) electrons. The van der Waals surface area contributed by atoms with Crippen LogP contribution in [0.3, 0.4) is 0 Å². The Bertz CT molecular complexity index is 333. The molecule has 0 bridgehead atoms. The van der Waals surface area contributed by atoms with Crippen LogP contribution in [0.4, 0.5) is 0 Å². The van der Waals surface area contributed by atoms with Gasteiger partial charge in [-0.2, -0.15) is 0 Å². The second-order valence-electron chi connectivity index (χ2n) is 4.54. The third-order valence-corrected chi connectivity index (χ3v) is 2.68. The highest BCUT2D eigenvalue weighted by molar-refractivity contribution is 5.80. The summed E-state index contributed by atoms with van der Waals surface area (Å²) in [5.74, 6) is 0.234. The van der Waals surface area contributed by atoms with E-state index in [-0.39, 0.29) is 11.4 Å². The number of hydrogen-bond acceptors (Lipinski definition) is 3. The van der Waals surface area contributed by atoms with Crippen LogP contribution in [0.25, 0.3) is 0 Å². The Hall–Kier alpha value is -1.22. The van der Waals surface area contributed by atoms with Crippen molar-refractivity contribution < 1.29 is 9.53 Å². The second-order valence-corrected chi connectivity index (χ2v) is 4.54. The van der Waals surface area contributed by atoms with Gasteiger partial charge in [0, 0.05) is 32.3 Å². The molecule has 1 aromatic heterocycles. The molecule has 1 aromatic rings. The van der Waals surface area contributed by atoms with Gasteiger partial charge in [-0.25, -0.2) is 0 Å². The maximum atomic E-state index is 11.7. The number of nitrogens with zero attached hydrogens (tertiary/aromatic N) is 1. The molecule has 1 heterocycles. The lowest BCUT2D eigenvalue weighted by Gasteiger charge is -2.22. The van der Waals surface area contributed by atoms with Crippen molar-refractivity contribution in [2.24, 2.45) is 0 Å². The van der Waals surface area contributed by atoms with Gasteiger partial charge in [0.15, 0.2) is 0 Å². The molecule has 0 aliphatic carbocycles. The maximum absolute atomic E-state index is 11.7. The van der Waals surface area contributed by atoms with E-state index in [2.05, 4.69) is 4.98 Å². The summed E-state index contributed by atoms with van der Waals surface area (Å²) in [5.41, 5.74) is 0.757. The molecule has 0 spiro atoms. The van der Waals surface area contributed by atoms with Crippen LogP contribution >= 0.6 is 0 Å². The van der Waals surface area contributed by atoms with Crippen molar-refractivity contribution >= 4 is 5.78 Å². The molecular formula is C13H19NO2. The normalized spacial score (nSPS) is 11.4. The highest BCUT2D eigenvalue weighted by Crippen LogP contribution is 2.16. The number of ketones is 1. The van der Waals surface area contributed by atoms with Gasteiger partial charge in [0.2, 0.25) is 0 Å². The standard InChI is InChI=1S/C13H19NO2/c1-13(2,16-3)7-6-12(15)9-11-5-4-8-14-10-11/h4-5,8,10H,6-7,9H2,1-3H3. The molecule has 0 N–H and O–H groups in total. The van der Waals surface area contributed by atoms with Crippen molar-refractivity contribution in [2.75, 3.05) is 7.11 Å². The summed E-state index contributed by atoms with van der Waals surface area (Å²) in [6.07, 6.45) is 5.22. The summed E-state index contributed by atoms with van der Waals surface area (Å²) in [6, 6.07) is 3.77. The van der Waals surface area contributed by atoms with Gasteiger partial charge in [-0.3, -0.25) is 9.78 Å². The van der Waals surface area contributed by atoms with E-state index in [0.717, 1.165) is 12.0 Å². The Morgan fingerprint density at radius 2 is 2.25 bits per heavy atom. The van der Waals surface area contributed by atoms with E-state index in [0.29, 0.717) is 12.8 Å². The fraction of sp³-hybridized carbons (Fsp3) is 0.538. The van der Waals surface area contributed by atoms with E-state index in [1.807, 2.05) is 26.0 Å². The Balaban J connectivity index is 2.38. The van der Waals surface area contributed by atoms with Crippen LogP contribution in [0.1, 0.15) is 32.3 Å². The molecule has 0 aliphatic heterocycles. The topological polar surface area (TPSA) is 39.2 Å². The Morgan fingerprint density at radius 1 is 1.50 bits per heavy atom. The van der Waals surface area contributed by atoms with E-state index >= 15 is 0 Å². The van der Waals surface area contributed by atoms with Gasteiger partial charge in [0.05, 0.1) is 5.60 Å². The Morgan fingerprint density at radius 3 is 2.81 bits per heavy atom. The van der Waals surface area contributed by atoms with Crippen molar-refractivity contribution in [3.8, 4) is 0 Å². The number of ether oxygens (including phenoxy) is 1. The second kappa shape index (κ2) is 5.75. The van der Waals surface area contributed by atoms with Crippen LogP contribution in [0.15, 0.2) is 24.5 Å². The highest BCUT2D eigenvalue weighted by Gasteiger charge is 2.17. The summed E-state index contributed by atoms with van der Waals surface area (Å²) in [4.78, 5) is 15.7. The fourth-order valence-corrected chi connectivity index (χ4v) is 1.36. The summed E-state index contributed by atoms with van der Waals surface area (Å²) in [5, 5.41) is 0. The van der Waals surface area contributed by atoms with Gasteiger partial charge in [0.1, 0.15) is 5.78 Å². The van der Waals surface area contributed by atoms with Gasteiger partial charge in [-0.15, -0.1) is 0 Å². The first-order valence-electron chi connectivity index (χ1n) is 5.49. The van der Waals surface area contributed by atoms with Crippen molar-refractivity contribution in [1.29, 1.82) is 0 Å². The molecule has 0 fully saturated rings. The number of carbonyl (C=O) groups is 1. The van der Waals surface area contributed by atoms with Gasteiger partial charge in [-0.1, -0.05) is 6.07 Å². The number of carbonyl (C=O) groups excluding carboxylic acids is 1. The van der Waals surface area contributed by atoms with Gasteiger partial charge in [0.25, 0.3) is 0 Å². The van der Waals surface area contributed by atoms with Gasteiger partial charge >= 0.3 is 0 Å². The fourth-order valence-electron chi connectivity index (χ4n) is 1.36. The third kappa shape index (κ3) is 4.53. The minimum absolute atomic E-state index is 0.218. The largest absolute Gasteiger partial charge is 0.379 e.